The van der Waals surface area contributed by atoms with Crippen molar-refractivity contribution in [3.63, 3.8) is 0 Å². The Hall–Kier alpha value is -0.740. The smallest absolute Gasteiger partial charge is 0.330 e. The summed E-state index contributed by atoms with van der Waals surface area (Å²) >= 11 is 12.6. The number of alkyl halides is 2. The van der Waals surface area contributed by atoms with Gasteiger partial charge in [0.05, 0.1) is 32.1 Å². The highest BCUT2D eigenvalue weighted by atomic mass is 35.5. The predicted molar refractivity (Wildman–Crippen MR) is 148 cm³/mol. The van der Waals surface area contributed by atoms with Gasteiger partial charge in [0.2, 0.25) is 5.82 Å². The summed E-state index contributed by atoms with van der Waals surface area (Å²) in [6, 6.07) is -0.333. The van der Waals surface area contributed by atoms with Crippen molar-refractivity contribution in [2.24, 2.45) is 5.41 Å². The number of carbonyl (C=O) groups is 1. The van der Waals surface area contributed by atoms with Crippen LogP contribution in [0.5, 0.6) is 0 Å². The third-order valence-electron chi connectivity index (χ3n) is 5.21. The van der Waals surface area contributed by atoms with Gasteiger partial charge >= 0.3 is 5.69 Å². The average molecular weight is 638 g/mol. The quantitative estimate of drug-likeness (QED) is 0.167. The molecule has 0 aromatic carbocycles. The van der Waals surface area contributed by atoms with Crippen LogP contribution >= 0.6 is 30.0 Å². The zero-order valence-corrected chi connectivity index (χ0v) is 25.7. The summed E-state index contributed by atoms with van der Waals surface area (Å²) < 4.78 is 52.1. The lowest BCUT2D eigenvalue weighted by molar-refractivity contribution is -0.117. The fourth-order valence-electron chi connectivity index (χ4n) is 3.18. The number of halogens is 3. The fraction of sp³-hybridized carbons (Fsp3) is 0.773. The molecule has 1 aromatic rings. The van der Waals surface area contributed by atoms with Crippen LogP contribution in [-0.4, -0.2) is 74.8 Å². The minimum absolute atomic E-state index is 0.0316. The molecule has 6 atom stereocenters. The molecule has 1 fully saturated rings. The Labute approximate surface area is 239 Å². The largest absolute Gasteiger partial charge is 0.385 e. The van der Waals surface area contributed by atoms with Crippen LogP contribution in [0, 0.1) is 11.2 Å². The molecule has 39 heavy (non-hydrogen) atoms. The molecule has 0 spiro atoms. The van der Waals surface area contributed by atoms with Crippen LogP contribution in [0.3, 0.4) is 0 Å². The number of nitrogens with one attached hydrogen (secondary N) is 2. The normalized spacial score (nSPS) is 26.1. The average Bonchev–Trinajstić information content (AvgIpc) is 3.04. The lowest BCUT2D eigenvalue weighted by Crippen LogP contribution is -2.42. The molecule has 1 aromatic heterocycles. The van der Waals surface area contributed by atoms with Crippen molar-refractivity contribution in [2.45, 2.75) is 77.3 Å². The highest BCUT2D eigenvalue weighted by Gasteiger charge is 2.58. The van der Waals surface area contributed by atoms with Gasteiger partial charge in [0, 0.05) is 17.2 Å². The van der Waals surface area contributed by atoms with E-state index in [9.17, 15) is 23.9 Å². The van der Waals surface area contributed by atoms with Gasteiger partial charge in [0.15, 0.2) is 11.3 Å². The van der Waals surface area contributed by atoms with E-state index < -0.39 is 59.3 Å². The first-order chi connectivity index (χ1) is 17.9. The summed E-state index contributed by atoms with van der Waals surface area (Å²) in [4.78, 5) is 37.3. The van der Waals surface area contributed by atoms with Gasteiger partial charge in [-0.2, -0.15) is 4.39 Å². The highest BCUT2D eigenvalue weighted by molar-refractivity contribution is 8.13. The Morgan fingerprint density at radius 2 is 2.03 bits per heavy atom. The first kappa shape index (κ1) is 34.5. The molecule has 3 N–H and O–H groups in total. The van der Waals surface area contributed by atoms with E-state index in [0.717, 1.165) is 11.8 Å². The molecule has 0 saturated carbocycles. The molecule has 17 heteroatoms. The van der Waals surface area contributed by atoms with E-state index in [1.165, 1.54) is 0 Å². The fourth-order valence-corrected chi connectivity index (χ4v) is 6.84. The minimum Gasteiger partial charge on any atom is -0.385 e. The molecule has 0 radical (unpaired) electrons. The Kier molecular flexibility index (Phi) is 12.3. The molecule has 2 rings (SSSR count). The monoisotopic (exact) mass is 637 g/mol. The van der Waals surface area contributed by atoms with E-state index in [2.05, 4.69) is 5.09 Å². The number of carbonyl (C=O) groups excluding carboxylic acids is 1. The van der Waals surface area contributed by atoms with Crippen molar-refractivity contribution < 1.29 is 37.2 Å². The van der Waals surface area contributed by atoms with Crippen LogP contribution in [0.1, 0.15) is 47.8 Å². The molecule has 11 nitrogen and oxygen atoms in total. The van der Waals surface area contributed by atoms with Crippen LogP contribution in [0.25, 0.3) is 0 Å². The van der Waals surface area contributed by atoms with Gasteiger partial charge in [0.25, 0.3) is 17.3 Å². The van der Waals surface area contributed by atoms with Gasteiger partial charge in [-0.1, -0.05) is 44.1 Å². The van der Waals surface area contributed by atoms with Gasteiger partial charge in [-0.15, -0.1) is 0 Å². The second kappa shape index (κ2) is 14.0. The summed E-state index contributed by atoms with van der Waals surface area (Å²) in [5.41, 5.74) is -3.04. The maximum atomic E-state index is 15.3. The molecular weight excluding hydrogens is 603 g/mol. The van der Waals surface area contributed by atoms with Gasteiger partial charge in [-0.3, -0.25) is 19.1 Å². The maximum Gasteiger partial charge on any atom is 0.330 e. The molecule has 0 bridgehead atoms. The second-order valence-corrected chi connectivity index (χ2v) is 15.1. The van der Waals surface area contributed by atoms with Crippen molar-refractivity contribution in [1.29, 1.82) is 0 Å². The maximum absolute atomic E-state index is 15.3. The molecule has 0 amide bonds. The zero-order valence-electron chi connectivity index (χ0n) is 22.4. The van der Waals surface area contributed by atoms with Crippen molar-refractivity contribution >= 4 is 46.9 Å². The number of aromatic nitrogens is 2. The van der Waals surface area contributed by atoms with Crippen LogP contribution in [0.2, 0.25) is 0 Å². The van der Waals surface area contributed by atoms with Crippen LogP contribution in [0.15, 0.2) is 15.8 Å². The molecule has 224 valence electrons. The van der Waals surface area contributed by atoms with E-state index in [0.29, 0.717) is 10.8 Å². The van der Waals surface area contributed by atoms with Crippen LogP contribution in [-0.2, 0) is 35.1 Å². The predicted octanol–water partition coefficient (Wildman–Crippen LogP) is 2.81. The number of aliphatic hydroxyl groups excluding tert-OH is 1. The molecule has 1 saturated heterocycles. The number of hydrogen-bond acceptors (Lipinski definition) is 10. The van der Waals surface area contributed by atoms with Crippen molar-refractivity contribution in [3.05, 3.63) is 32.9 Å². The van der Waals surface area contributed by atoms with Gasteiger partial charge in [-0.05, 0) is 32.6 Å². The van der Waals surface area contributed by atoms with Gasteiger partial charge in [0.1, 0.15) is 12.2 Å². The van der Waals surface area contributed by atoms with E-state index in [1.54, 1.807) is 32.7 Å². The lowest BCUT2D eigenvalue weighted by atomic mass is 10.00. The Balaban J connectivity index is 2.15. The molecule has 6 unspecified atom stereocenters. The number of aliphatic hydroxyl groups is 1. The summed E-state index contributed by atoms with van der Waals surface area (Å²) in [7, 11) is 0. The molecule has 1 aliphatic rings. The van der Waals surface area contributed by atoms with E-state index in [4.69, 9.17) is 41.9 Å². The number of ether oxygens (including phenoxy) is 2. The van der Waals surface area contributed by atoms with E-state index >= 15 is 4.39 Å². The summed E-state index contributed by atoms with van der Waals surface area (Å²) in [6.45, 7) is 7.37. The summed E-state index contributed by atoms with van der Waals surface area (Å²) in [5, 5.41) is 10.4. The van der Waals surface area contributed by atoms with Crippen LogP contribution in [0.4, 0.5) is 8.78 Å². The topological polar surface area (TPSA) is 141 Å². The number of rotatable bonds is 13. The Bertz CT molecular complexity index is 1160. The molecule has 2 heterocycles. The Morgan fingerprint density at radius 3 is 2.62 bits per heavy atom. The Morgan fingerprint density at radius 1 is 1.38 bits per heavy atom. The number of H-pyrrole nitrogens is 1. The van der Waals surface area contributed by atoms with Crippen molar-refractivity contribution in [3.8, 4) is 0 Å². The highest BCUT2D eigenvalue weighted by Crippen LogP contribution is 2.48. The van der Waals surface area contributed by atoms with Gasteiger partial charge in [-0.25, -0.2) is 14.3 Å². The van der Waals surface area contributed by atoms with Crippen molar-refractivity contribution in [2.75, 3.05) is 25.6 Å². The number of hydrogen-bond donors (Lipinski definition) is 3. The van der Waals surface area contributed by atoms with Crippen molar-refractivity contribution in [1.82, 2.24) is 14.6 Å². The lowest BCUT2D eigenvalue weighted by Gasteiger charge is -2.28. The summed E-state index contributed by atoms with van der Waals surface area (Å²) in [5.74, 6) is -1.09. The SMILES string of the molecule is CC(COC(C)C)NP(=S)(OCCSC(=O)C(C)(C)C)OCC1OC(n2cc(F)c(=O)[nH]c2=O)C(F)(Cl)C1O. The van der Waals surface area contributed by atoms with E-state index in [1.807, 2.05) is 13.8 Å². The van der Waals surface area contributed by atoms with Gasteiger partial charge < -0.3 is 23.6 Å². The summed E-state index contributed by atoms with van der Waals surface area (Å²) in [6.07, 6.45) is -5.09. The number of thioether (sulfide) groups is 1. The number of aromatic amines is 1. The van der Waals surface area contributed by atoms with Crippen LogP contribution < -0.4 is 16.3 Å². The standard InChI is InChI=1S/C22H35ClF2N3O8PS2/c1-12(2)33-10-13(3)27-37(38,34-7-8-39-19(31)21(4,5)6)35-11-15-16(29)22(23,25)18(36-15)28-9-14(24)17(30)26-20(28)32/h9,12-13,15-16,18,29H,7-8,10-11H2,1-6H3,(H,27,38)(H,26,30,32). The molecular formula is C22H35ClF2N3O8PS2. The second-order valence-electron chi connectivity index (χ2n) is 10.2. The zero-order chi connectivity index (χ0) is 29.8. The first-order valence-electron chi connectivity index (χ1n) is 12.1. The third kappa shape index (κ3) is 9.66. The third-order valence-corrected chi connectivity index (χ3v) is 9.59. The first-order valence-corrected chi connectivity index (χ1v) is 16.1. The number of nitrogens with zero attached hydrogens (tertiary/aromatic N) is 1. The van der Waals surface area contributed by atoms with E-state index in [-0.39, 0.29) is 36.2 Å². The minimum atomic E-state index is -3.33. The molecule has 0 aliphatic carbocycles. The molecule has 1 aliphatic heterocycles.